The number of halogens is 1. The third-order valence-corrected chi connectivity index (χ3v) is 18.3. The van der Waals surface area contributed by atoms with Gasteiger partial charge in [-0.3, -0.25) is 0 Å². The van der Waals surface area contributed by atoms with Gasteiger partial charge in [-0.15, -0.1) is 0 Å². The standard InChI is InChI=1S/C29H46ClN5O2Si2/c1-28(2,3)38(7,8)36-17-20-15-22(16-23(20)37-39(9,10)29(4,5)6)33-27-24-26(32-18-31-24)34-25(35-27)19-12-11-13-21(30)14-19/h11-14,18,20,22-23H,15-17H2,1-10H3,(H2,31,32,33,34,35)/t20-,22+,23-/m0/s1. The monoisotopic (exact) mass is 587 g/mol. The Morgan fingerprint density at radius 1 is 1.00 bits per heavy atom. The molecule has 1 fully saturated rings. The molecule has 0 radical (unpaired) electrons. The lowest BCUT2D eigenvalue weighted by molar-refractivity contribution is 0.101. The number of benzene rings is 1. The predicted molar refractivity (Wildman–Crippen MR) is 167 cm³/mol. The molecular weight excluding hydrogens is 542 g/mol. The van der Waals surface area contributed by atoms with Crippen molar-refractivity contribution in [3.63, 3.8) is 0 Å². The molecule has 214 valence electrons. The summed E-state index contributed by atoms with van der Waals surface area (Å²) in [6, 6.07) is 7.81. The highest BCUT2D eigenvalue weighted by Crippen LogP contribution is 2.43. The van der Waals surface area contributed by atoms with Gasteiger partial charge in [-0.1, -0.05) is 65.3 Å². The van der Waals surface area contributed by atoms with E-state index in [2.05, 4.69) is 88.0 Å². The Bertz CT molecular complexity index is 1300. The molecule has 1 aliphatic rings. The fraction of sp³-hybridized carbons (Fsp3) is 0.621. The second kappa shape index (κ2) is 10.9. The zero-order chi connectivity index (χ0) is 28.8. The maximum atomic E-state index is 7.04. The smallest absolute Gasteiger partial charge is 0.192 e. The minimum atomic E-state index is -1.96. The van der Waals surface area contributed by atoms with Crippen LogP contribution in [0.1, 0.15) is 54.4 Å². The van der Waals surface area contributed by atoms with E-state index in [9.17, 15) is 0 Å². The van der Waals surface area contributed by atoms with Crippen LogP contribution < -0.4 is 5.32 Å². The van der Waals surface area contributed by atoms with Gasteiger partial charge in [0.05, 0.1) is 12.4 Å². The number of rotatable bonds is 8. The van der Waals surface area contributed by atoms with Gasteiger partial charge in [0.25, 0.3) is 0 Å². The van der Waals surface area contributed by atoms with E-state index >= 15 is 0 Å². The van der Waals surface area contributed by atoms with Crippen LogP contribution in [0.25, 0.3) is 22.6 Å². The molecule has 0 amide bonds. The Labute approximate surface area is 241 Å². The SMILES string of the molecule is CC(C)(C)[Si](C)(C)OC[C@@H]1C[C@@H](Nc2nc(-c3cccc(Cl)c3)nc3nc[nH]c23)C[C@@H]1O[Si](C)(C)C(C)(C)C. The van der Waals surface area contributed by atoms with Crippen molar-refractivity contribution in [3.8, 4) is 11.4 Å². The van der Waals surface area contributed by atoms with Crippen LogP contribution in [0, 0.1) is 5.92 Å². The summed E-state index contributed by atoms with van der Waals surface area (Å²) in [6.07, 6.45) is 3.67. The van der Waals surface area contributed by atoms with Gasteiger partial charge in [0.2, 0.25) is 0 Å². The normalized spacial score (nSPS) is 21.1. The highest BCUT2D eigenvalue weighted by atomic mass is 35.5. The predicted octanol–water partition coefficient (Wildman–Crippen LogP) is 8.28. The van der Waals surface area contributed by atoms with Crippen molar-refractivity contribution < 1.29 is 8.85 Å². The van der Waals surface area contributed by atoms with Gasteiger partial charge in [0.15, 0.2) is 33.9 Å². The molecular formula is C29H46ClN5O2Si2. The molecule has 0 spiro atoms. The molecule has 39 heavy (non-hydrogen) atoms. The van der Waals surface area contributed by atoms with Gasteiger partial charge in [-0.05, 0) is 61.2 Å². The second-order valence-electron chi connectivity index (χ2n) is 14.1. The number of hydrogen-bond acceptors (Lipinski definition) is 6. The molecule has 1 saturated carbocycles. The van der Waals surface area contributed by atoms with Crippen molar-refractivity contribution in [1.29, 1.82) is 0 Å². The maximum absolute atomic E-state index is 7.04. The molecule has 2 aromatic heterocycles. The number of nitrogens with zero attached hydrogens (tertiary/aromatic N) is 3. The third-order valence-electron chi connectivity index (χ3n) is 9.06. The first kappa shape index (κ1) is 30.2. The van der Waals surface area contributed by atoms with Gasteiger partial charge >= 0.3 is 0 Å². The molecule has 3 atom stereocenters. The van der Waals surface area contributed by atoms with E-state index in [0.717, 1.165) is 36.3 Å². The molecule has 1 aliphatic carbocycles. The summed E-state index contributed by atoms with van der Waals surface area (Å²) in [4.78, 5) is 17.3. The maximum Gasteiger partial charge on any atom is 0.192 e. The lowest BCUT2D eigenvalue weighted by Gasteiger charge is -2.41. The average Bonchev–Trinajstić information content (AvgIpc) is 3.42. The Kier molecular flexibility index (Phi) is 8.43. The summed E-state index contributed by atoms with van der Waals surface area (Å²) in [5.41, 5.74) is 2.30. The van der Waals surface area contributed by atoms with Crippen molar-refractivity contribution in [2.75, 3.05) is 11.9 Å². The van der Waals surface area contributed by atoms with Crippen molar-refractivity contribution in [2.24, 2.45) is 5.92 Å². The number of aromatic nitrogens is 4. The van der Waals surface area contributed by atoms with E-state index in [-0.39, 0.29) is 22.2 Å². The molecule has 0 saturated heterocycles. The minimum absolute atomic E-state index is 0.139. The lowest BCUT2D eigenvalue weighted by atomic mass is 10.1. The van der Waals surface area contributed by atoms with Crippen LogP contribution in [0.4, 0.5) is 5.82 Å². The van der Waals surface area contributed by atoms with Crippen molar-refractivity contribution in [1.82, 2.24) is 19.9 Å². The van der Waals surface area contributed by atoms with E-state index in [4.69, 9.17) is 25.4 Å². The van der Waals surface area contributed by atoms with Crippen LogP contribution in [0.2, 0.25) is 41.3 Å². The summed E-state index contributed by atoms with van der Waals surface area (Å²) in [6.45, 7) is 23.9. The Morgan fingerprint density at radius 2 is 1.69 bits per heavy atom. The quantitative estimate of drug-likeness (QED) is 0.258. The fourth-order valence-corrected chi connectivity index (χ4v) is 7.15. The third kappa shape index (κ3) is 6.76. The number of fused-ring (bicyclic) bond motifs is 1. The molecule has 3 aromatic rings. The number of aromatic amines is 1. The van der Waals surface area contributed by atoms with Crippen LogP contribution in [-0.4, -0.2) is 55.3 Å². The van der Waals surface area contributed by atoms with Gasteiger partial charge in [0.1, 0.15) is 5.52 Å². The molecule has 1 aromatic carbocycles. The van der Waals surface area contributed by atoms with Crippen LogP contribution in [0.15, 0.2) is 30.6 Å². The van der Waals surface area contributed by atoms with Crippen LogP contribution in [0.3, 0.4) is 0 Å². The van der Waals surface area contributed by atoms with Crippen molar-refractivity contribution in [2.45, 2.75) is 103 Å². The lowest BCUT2D eigenvalue weighted by Crippen LogP contribution is -2.46. The van der Waals surface area contributed by atoms with Crippen molar-refractivity contribution >= 4 is 45.2 Å². The zero-order valence-electron chi connectivity index (χ0n) is 25.3. The van der Waals surface area contributed by atoms with E-state index < -0.39 is 16.6 Å². The summed E-state index contributed by atoms with van der Waals surface area (Å²) in [5, 5.41) is 4.71. The van der Waals surface area contributed by atoms with E-state index in [1.54, 1.807) is 6.33 Å². The molecule has 0 aliphatic heterocycles. The summed E-state index contributed by atoms with van der Waals surface area (Å²) in [5.74, 6) is 1.68. The highest BCUT2D eigenvalue weighted by molar-refractivity contribution is 6.74. The Balaban J connectivity index is 1.60. The largest absolute Gasteiger partial charge is 0.416 e. The van der Waals surface area contributed by atoms with E-state index in [1.807, 2.05) is 24.3 Å². The molecule has 7 nitrogen and oxygen atoms in total. The molecule has 0 bridgehead atoms. The van der Waals surface area contributed by atoms with Gasteiger partial charge in [0, 0.05) is 29.2 Å². The average molecular weight is 588 g/mol. The number of hydrogen-bond donors (Lipinski definition) is 2. The first-order chi connectivity index (χ1) is 18.0. The second-order valence-corrected chi connectivity index (χ2v) is 24.1. The summed E-state index contributed by atoms with van der Waals surface area (Å²) in [7, 11) is -3.84. The zero-order valence-corrected chi connectivity index (χ0v) is 28.0. The highest BCUT2D eigenvalue weighted by Gasteiger charge is 2.45. The van der Waals surface area contributed by atoms with Crippen LogP contribution in [0.5, 0.6) is 0 Å². The molecule has 4 rings (SSSR count). The first-order valence-corrected chi connectivity index (χ1v) is 20.2. The first-order valence-electron chi connectivity index (χ1n) is 14.0. The molecule has 0 unspecified atom stereocenters. The topological polar surface area (TPSA) is 85.0 Å². The van der Waals surface area contributed by atoms with Crippen molar-refractivity contribution in [3.05, 3.63) is 35.6 Å². The number of anilines is 1. The number of nitrogens with one attached hydrogen (secondary N) is 2. The van der Waals surface area contributed by atoms with Crippen LogP contribution >= 0.6 is 11.6 Å². The van der Waals surface area contributed by atoms with E-state index in [0.29, 0.717) is 22.4 Å². The van der Waals surface area contributed by atoms with Gasteiger partial charge in [-0.2, -0.15) is 0 Å². The molecule has 2 N–H and O–H groups in total. The van der Waals surface area contributed by atoms with E-state index in [1.165, 1.54) is 0 Å². The number of imidazole rings is 1. The number of H-pyrrole nitrogens is 1. The summed E-state index contributed by atoms with van der Waals surface area (Å²) >= 11 is 6.26. The Hall–Kier alpha value is -1.79. The van der Waals surface area contributed by atoms with Crippen LogP contribution in [-0.2, 0) is 8.85 Å². The van der Waals surface area contributed by atoms with Gasteiger partial charge < -0.3 is 19.2 Å². The fourth-order valence-electron chi connectivity index (χ4n) is 4.50. The molecule has 10 heteroatoms. The minimum Gasteiger partial charge on any atom is -0.416 e. The Morgan fingerprint density at radius 3 is 2.33 bits per heavy atom. The summed E-state index contributed by atoms with van der Waals surface area (Å²) < 4.78 is 13.8. The van der Waals surface area contributed by atoms with Gasteiger partial charge in [-0.25, -0.2) is 15.0 Å². The molecule has 2 heterocycles.